The molecule has 2 aliphatic rings. The minimum Gasteiger partial charge on any atom is -0.384 e. The maximum atomic E-state index is 13.1. The van der Waals surface area contributed by atoms with E-state index in [2.05, 4.69) is 10.6 Å². The maximum Gasteiger partial charge on any atom is 0.418 e. The fourth-order valence-electron chi connectivity index (χ4n) is 3.46. The number of hydrogen-bond donors (Lipinski definition) is 2. The SMILES string of the molecule is FC(F)(F)c1cccc2c1NCCC2C1CCCCN1. The number of fused-ring (bicyclic) bond motifs is 1. The molecule has 2 aliphatic heterocycles. The van der Waals surface area contributed by atoms with E-state index in [1.54, 1.807) is 0 Å². The Morgan fingerprint density at radius 2 is 1.90 bits per heavy atom. The van der Waals surface area contributed by atoms with Crippen molar-refractivity contribution < 1.29 is 13.2 Å². The van der Waals surface area contributed by atoms with Crippen molar-refractivity contribution in [2.45, 2.75) is 43.8 Å². The van der Waals surface area contributed by atoms with Crippen molar-refractivity contribution in [1.29, 1.82) is 0 Å². The van der Waals surface area contributed by atoms with Gasteiger partial charge in [0.05, 0.1) is 5.56 Å². The lowest BCUT2D eigenvalue weighted by Gasteiger charge is -2.36. The Bertz CT molecular complexity index is 478. The summed E-state index contributed by atoms with van der Waals surface area (Å²) in [5, 5.41) is 6.44. The van der Waals surface area contributed by atoms with Gasteiger partial charge in [-0.3, -0.25) is 0 Å². The second kappa shape index (κ2) is 5.28. The average Bonchev–Trinajstić information content (AvgIpc) is 2.46. The van der Waals surface area contributed by atoms with Gasteiger partial charge in [0.15, 0.2) is 0 Å². The van der Waals surface area contributed by atoms with Gasteiger partial charge in [0.2, 0.25) is 0 Å². The van der Waals surface area contributed by atoms with Gasteiger partial charge in [-0.25, -0.2) is 0 Å². The molecule has 20 heavy (non-hydrogen) atoms. The molecular weight excluding hydrogens is 265 g/mol. The van der Waals surface area contributed by atoms with Crippen LogP contribution in [0.5, 0.6) is 0 Å². The van der Waals surface area contributed by atoms with Gasteiger partial charge in [0.1, 0.15) is 0 Å². The number of halogens is 3. The summed E-state index contributed by atoms with van der Waals surface area (Å²) in [5.41, 5.74) is 0.588. The van der Waals surface area contributed by atoms with E-state index in [-0.39, 0.29) is 5.92 Å². The molecule has 3 rings (SSSR count). The molecule has 0 amide bonds. The second-order valence-electron chi connectivity index (χ2n) is 5.65. The molecule has 0 spiro atoms. The molecule has 2 nitrogen and oxygen atoms in total. The predicted octanol–water partition coefficient (Wildman–Crippen LogP) is 3.75. The molecule has 1 aromatic carbocycles. The Labute approximate surface area is 116 Å². The minimum absolute atomic E-state index is 0.189. The summed E-state index contributed by atoms with van der Waals surface area (Å²) in [6.07, 6.45) is -0.0145. The third-order valence-corrected chi connectivity index (χ3v) is 4.39. The third-order valence-electron chi connectivity index (χ3n) is 4.39. The predicted molar refractivity (Wildman–Crippen MR) is 72.9 cm³/mol. The number of anilines is 1. The standard InChI is InChI=1S/C15H19F3N2/c16-15(17,18)12-5-3-4-11-10(7-9-20-14(11)12)13-6-1-2-8-19-13/h3-5,10,13,19-20H,1-2,6-9H2. The largest absolute Gasteiger partial charge is 0.418 e. The molecule has 2 N–H and O–H groups in total. The minimum atomic E-state index is -4.29. The van der Waals surface area contributed by atoms with E-state index in [0.29, 0.717) is 18.3 Å². The van der Waals surface area contributed by atoms with Gasteiger partial charge < -0.3 is 10.6 Å². The summed E-state index contributed by atoms with van der Waals surface area (Å²) in [6.45, 7) is 1.59. The summed E-state index contributed by atoms with van der Waals surface area (Å²) in [5.74, 6) is 0.189. The zero-order valence-electron chi connectivity index (χ0n) is 11.3. The monoisotopic (exact) mass is 284 g/mol. The first-order valence-electron chi connectivity index (χ1n) is 7.25. The van der Waals surface area contributed by atoms with Crippen LogP contribution in [0.4, 0.5) is 18.9 Å². The van der Waals surface area contributed by atoms with Gasteiger partial charge in [-0.2, -0.15) is 13.2 Å². The first-order chi connectivity index (χ1) is 9.57. The first kappa shape index (κ1) is 13.7. The Morgan fingerprint density at radius 3 is 2.60 bits per heavy atom. The third kappa shape index (κ3) is 2.51. The van der Waals surface area contributed by atoms with E-state index in [1.807, 2.05) is 6.07 Å². The molecule has 0 bridgehead atoms. The van der Waals surface area contributed by atoms with Gasteiger partial charge in [0.25, 0.3) is 0 Å². The highest BCUT2D eigenvalue weighted by atomic mass is 19.4. The highest BCUT2D eigenvalue weighted by Crippen LogP contribution is 2.43. The van der Waals surface area contributed by atoms with Crippen LogP contribution in [0.15, 0.2) is 18.2 Å². The fourth-order valence-corrected chi connectivity index (χ4v) is 3.46. The molecule has 2 heterocycles. The molecule has 0 saturated carbocycles. The quantitative estimate of drug-likeness (QED) is 0.820. The van der Waals surface area contributed by atoms with E-state index in [9.17, 15) is 13.2 Å². The summed E-state index contributed by atoms with van der Waals surface area (Å²) < 4.78 is 39.3. The first-order valence-corrected chi connectivity index (χ1v) is 7.25. The average molecular weight is 284 g/mol. The zero-order chi connectivity index (χ0) is 14.2. The molecule has 2 unspecified atom stereocenters. The smallest absolute Gasteiger partial charge is 0.384 e. The number of hydrogen-bond acceptors (Lipinski definition) is 2. The molecule has 0 aromatic heterocycles. The molecule has 0 radical (unpaired) electrons. The van der Waals surface area contributed by atoms with E-state index >= 15 is 0 Å². The van der Waals surface area contributed by atoms with Crippen molar-refractivity contribution in [2.24, 2.45) is 0 Å². The lowest BCUT2D eigenvalue weighted by Crippen LogP contribution is -2.41. The second-order valence-corrected chi connectivity index (χ2v) is 5.65. The number of para-hydroxylation sites is 1. The molecule has 2 atom stereocenters. The molecule has 0 aliphatic carbocycles. The Morgan fingerprint density at radius 1 is 1.05 bits per heavy atom. The zero-order valence-corrected chi connectivity index (χ0v) is 11.3. The van der Waals surface area contributed by atoms with Crippen LogP contribution in [-0.4, -0.2) is 19.1 Å². The van der Waals surface area contributed by atoms with E-state index in [4.69, 9.17) is 0 Å². The Kier molecular flexibility index (Phi) is 3.63. The molecule has 1 aromatic rings. The van der Waals surface area contributed by atoms with Crippen LogP contribution in [0.25, 0.3) is 0 Å². The van der Waals surface area contributed by atoms with Gasteiger partial charge in [0, 0.05) is 24.2 Å². The van der Waals surface area contributed by atoms with Crippen LogP contribution < -0.4 is 10.6 Å². The van der Waals surface area contributed by atoms with Crippen molar-refractivity contribution in [3.05, 3.63) is 29.3 Å². The number of benzene rings is 1. The summed E-state index contributed by atoms with van der Waals surface area (Å²) >= 11 is 0. The van der Waals surface area contributed by atoms with Crippen molar-refractivity contribution in [3.8, 4) is 0 Å². The van der Waals surface area contributed by atoms with Gasteiger partial charge in [-0.05, 0) is 37.4 Å². The number of alkyl halides is 3. The normalized spacial score (nSPS) is 26.8. The maximum absolute atomic E-state index is 13.1. The lowest BCUT2D eigenvalue weighted by atomic mass is 9.80. The van der Waals surface area contributed by atoms with Crippen molar-refractivity contribution in [3.63, 3.8) is 0 Å². The van der Waals surface area contributed by atoms with Crippen molar-refractivity contribution in [2.75, 3.05) is 18.4 Å². The van der Waals surface area contributed by atoms with Crippen molar-refractivity contribution in [1.82, 2.24) is 5.32 Å². The highest BCUT2D eigenvalue weighted by molar-refractivity contribution is 5.62. The highest BCUT2D eigenvalue weighted by Gasteiger charge is 2.37. The molecule has 1 fully saturated rings. The molecule has 1 saturated heterocycles. The Hall–Kier alpha value is -1.23. The topological polar surface area (TPSA) is 24.1 Å². The Balaban J connectivity index is 1.96. The van der Waals surface area contributed by atoms with E-state index in [1.165, 1.54) is 12.1 Å². The summed E-state index contributed by atoms with van der Waals surface area (Å²) in [4.78, 5) is 0. The van der Waals surface area contributed by atoms with E-state index < -0.39 is 11.7 Å². The molecule has 110 valence electrons. The molecular formula is C15H19F3N2. The lowest BCUT2D eigenvalue weighted by molar-refractivity contribution is -0.137. The van der Waals surface area contributed by atoms with Gasteiger partial charge in [-0.1, -0.05) is 18.6 Å². The summed E-state index contributed by atoms with van der Waals surface area (Å²) in [6, 6.07) is 4.86. The van der Waals surface area contributed by atoms with Gasteiger partial charge in [-0.15, -0.1) is 0 Å². The van der Waals surface area contributed by atoms with Crippen LogP contribution >= 0.6 is 0 Å². The fraction of sp³-hybridized carbons (Fsp3) is 0.600. The number of piperidine rings is 1. The van der Waals surface area contributed by atoms with Crippen LogP contribution in [0.3, 0.4) is 0 Å². The van der Waals surface area contributed by atoms with Crippen molar-refractivity contribution >= 4 is 5.69 Å². The van der Waals surface area contributed by atoms with Crippen LogP contribution in [0.2, 0.25) is 0 Å². The number of rotatable bonds is 1. The number of nitrogens with one attached hydrogen (secondary N) is 2. The summed E-state index contributed by atoms with van der Waals surface area (Å²) in [7, 11) is 0. The van der Waals surface area contributed by atoms with Crippen LogP contribution in [0, 0.1) is 0 Å². The van der Waals surface area contributed by atoms with Crippen LogP contribution in [-0.2, 0) is 6.18 Å². The van der Waals surface area contributed by atoms with Gasteiger partial charge >= 0.3 is 6.18 Å². The van der Waals surface area contributed by atoms with E-state index in [0.717, 1.165) is 37.8 Å². The van der Waals surface area contributed by atoms with Crippen LogP contribution in [0.1, 0.15) is 42.7 Å². The molecule has 5 heteroatoms.